The van der Waals surface area contributed by atoms with Crippen molar-refractivity contribution >= 4 is 50.7 Å². The lowest BCUT2D eigenvalue weighted by Gasteiger charge is -2.13. The van der Waals surface area contributed by atoms with Crippen LogP contribution in [0.2, 0.25) is 10.0 Å². The highest BCUT2D eigenvalue weighted by Gasteiger charge is 2.16. The normalized spacial score (nSPS) is 11.3. The maximum Gasteiger partial charge on any atom is 0.261 e. The van der Waals surface area contributed by atoms with E-state index in [1.54, 1.807) is 30.3 Å². The van der Waals surface area contributed by atoms with Crippen LogP contribution in [0.1, 0.15) is 5.56 Å². The zero-order valence-corrected chi connectivity index (χ0v) is 16.7. The second-order valence-corrected chi connectivity index (χ2v) is 9.05. The first-order valence-electron chi connectivity index (χ1n) is 7.69. The average molecular weight is 424 g/mol. The third-order valence-electron chi connectivity index (χ3n) is 3.55. The molecule has 3 aromatic carbocycles. The molecule has 1 N–H and O–H groups in total. The van der Waals surface area contributed by atoms with Gasteiger partial charge in [-0.05, 0) is 48.0 Å². The van der Waals surface area contributed by atoms with Gasteiger partial charge in [-0.2, -0.15) is 0 Å². The summed E-state index contributed by atoms with van der Waals surface area (Å²) in [5.74, 6) is 0.705. The van der Waals surface area contributed by atoms with Gasteiger partial charge >= 0.3 is 0 Å². The Morgan fingerprint density at radius 2 is 1.50 bits per heavy atom. The van der Waals surface area contributed by atoms with E-state index >= 15 is 0 Å². The summed E-state index contributed by atoms with van der Waals surface area (Å²) in [6.45, 7) is 0. The second-order valence-electron chi connectivity index (χ2n) is 5.47. The highest BCUT2D eigenvalue weighted by atomic mass is 35.5. The Hall–Kier alpha value is -1.66. The van der Waals surface area contributed by atoms with Gasteiger partial charge in [0.2, 0.25) is 0 Å². The van der Waals surface area contributed by atoms with E-state index in [4.69, 9.17) is 23.2 Å². The summed E-state index contributed by atoms with van der Waals surface area (Å²) in [4.78, 5) is 0.912. The van der Waals surface area contributed by atoms with Crippen molar-refractivity contribution in [2.45, 2.75) is 15.5 Å². The molecule has 0 spiro atoms. The maximum atomic E-state index is 12.6. The standard InChI is InChI=1S/C19H15Cl2NO2S2/c20-15-6-9-17(10-7-15)26(23,24)22-18-11-8-16(21)12-19(18)25-13-14-4-2-1-3-5-14/h1-12,22H,13H2. The quantitative estimate of drug-likeness (QED) is 0.488. The average Bonchev–Trinajstić information content (AvgIpc) is 2.63. The predicted octanol–water partition coefficient (Wildman–Crippen LogP) is 6.09. The molecule has 0 aliphatic carbocycles. The Kier molecular flexibility index (Phi) is 6.14. The zero-order chi connectivity index (χ0) is 18.6. The molecule has 134 valence electrons. The molecule has 3 nitrogen and oxygen atoms in total. The lowest BCUT2D eigenvalue weighted by atomic mass is 10.2. The SMILES string of the molecule is O=S(=O)(Nc1ccc(Cl)cc1SCc1ccccc1)c1ccc(Cl)cc1. The number of halogens is 2. The van der Waals surface area contributed by atoms with E-state index in [1.807, 2.05) is 30.3 Å². The summed E-state index contributed by atoms with van der Waals surface area (Å²) in [5.41, 5.74) is 1.63. The van der Waals surface area contributed by atoms with Gasteiger partial charge in [-0.3, -0.25) is 4.72 Å². The predicted molar refractivity (Wildman–Crippen MR) is 110 cm³/mol. The number of hydrogen-bond donors (Lipinski definition) is 1. The number of benzene rings is 3. The third kappa shape index (κ3) is 4.95. The van der Waals surface area contributed by atoms with Crippen molar-refractivity contribution in [1.29, 1.82) is 0 Å². The fourth-order valence-electron chi connectivity index (χ4n) is 2.25. The minimum absolute atomic E-state index is 0.149. The minimum Gasteiger partial charge on any atom is -0.278 e. The molecule has 3 aromatic rings. The molecular formula is C19H15Cl2NO2S2. The van der Waals surface area contributed by atoms with Gasteiger partial charge in [0, 0.05) is 20.7 Å². The van der Waals surface area contributed by atoms with Crippen LogP contribution in [-0.2, 0) is 15.8 Å². The van der Waals surface area contributed by atoms with Crippen LogP contribution in [0.4, 0.5) is 5.69 Å². The molecule has 0 radical (unpaired) electrons. The first-order valence-corrected chi connectivity index (χ1v) is 10.9. The van der Waals surface area contributed by atoms with Crippen molar-refractivity contribution in [2.75, 3.05) is 4.72 Å². The molecule has 0 bridgehead atoms. The van der Waals surface area contributed by atoms with Crippen molar-refractivity contribution in [1.82, 2.24) is 0 Å². The van der Waals surface area contributed by atoms with Crippen molar-refractivity contribution < 1.29 is 8.42 Å². The van der Waals surface area contributed by atoms with Gasteiger partial charge in [-0.15, -0.1) is 11.8 Å². The summed E-state index contributed by atoms with van der Waals surface area (Å²) in [7, 11) is -3.71. The summed E-state index contributed by atoms with van der Waals surface area (Å²) >= 11 is 13.4. The van der Waals surface area contributed by atoms with Gasteiger partial charge in [0.05, 0.1) is 10.6 Å². The van der Waals surface area contributed by atoms with E-state index in [1.165, 1.54) is 23.9 Å². The van der Waals surface area contributed by atoms with Crippen LogP contribution in [0.3, 0.4) is 0 Å². The molecule has 0 heterocycles. The number of anilines is 1. The van der Waals surface area contributed by atoms with Crippen LogP contribution in [0, 0.1) is 0 Å². The molecule has 0 saturated carbocycles. The molecule has 0 atom stereocenters. The number of thioether (sulfide) groups is 1. The number of hydrogen-bond acceptors (Lipinski definition) is 3. The first kappa shape index (κ1) is 19.1. The maximum absolute atomic E-state index is 12.6. The van der Waals surface area contributed by atoms with Crippen LogP contribution < -0.4 is 4.72 Å². The zero-order valence-electron chi connectivity index (χ0n) is 13.5. The molecule has 0 amide bonds. The highest BCUT2D eigenvalue weighted by molar-refractivity contribution is 7.98. The van der Waals surface area contributed by atoms with Gasteiger partial charge in [-0.25, -0.2) is 8.42 Å². The minimum atomic E-state index is -3.71. The Labute approximate surface area is 167 Å². The molecule has 0 unspecified atom stereocenters. The van der Waals surface area contributed by atoms with Gasteiger partial charge in [0.1, 0.15) is 0 Å². The molecular weight excluding hydrogens is 409 g/mol. The summed E-state index contributed by atoms with van der Waals surface area (Å²) in [5, 5.41) is 1.03. The van der Waals surface area contributed by atoms with E-state index in [0.717, 1.165) is 10.5 Å². The highest BCUT2D eigenvalue weighted by Crippen LogP contribution is 2.33. The summed E-state index contributed by atoms with van der Waals surface area (Å²) in [6.07, 6.45) is 0. The lowest BCUT2D eigenvalue weighted by molar-refractivity contribution is 0.601. The monoisotopic (exact) mass is 423 g/mol. The van der Waals surface area contributed by atoms with Crippen LogP contribution in [-0.4, -0.2) is 8.42 Å². The number of nitrogens with one attached hydrogen (secondary N) is 1. The molecule has 0 saturated heterocycles. The van der Waals surface area contributed by atoms with Crippen molar-refractivity contribution in [2.24, 2.45) is 0 Å². The van der Waals surface area contributed by atoms with E-state index < -0.39 is 10.0 Å². The summed E-state index contributed by atoms with van der Waals surface area (Å²) < 4.78 is 27.9. The van der Waals surface area contributed by atoms with Gasteiger partial charge < -0.3 is 0 Å². The van der Waals surface area contributed by atoms with Crippen molar-refractivity contribution in [3.63, 3.8) is 0 Å². The van der Waals surface area contributed by atoms with Crippen LogP contribution in [0.15, 0.2) is 82.6 Å². The number of rotatable bonds is 6. The van der Waals surface area contributed by atoms with E-state index in [2.05, 4.69) is 4.72 Å². The fraction of sp³-hybridized carbons (Fsp3) is 0.0526. The third-order valence-corrected chi connectivity index (χ3v) is 6.54. The first-order chi connectivity index (χ1) is 12.4. The van der Waals surface area contributed by atoms with Crippen LogP contribution in [0.25, 0.3) is 0 Å². The Morgan fingerprint density at radius 3 is 2.19 bits per heavy atom. The van der Waals surface area contributed by atoms with Crippen molar-refractivity contribution in [3.8, 4) is 0 Å². The van der Waals surface area contributed by atoms with E-state index in [-0.39, 0.29) is 4.90 Å². The molecule has 26 heavy (non-hydrogen) atoms. The fourth-order valence-corrected chi connectivity index (χ4v) is 4.76. The largest absolute Gasteiger partial charge is 0.278 e. The Morgan fingerprint density at radius 1 is 0.846 bits per heavy atom. The van der Waals surface area contributed by atoms with E-state index in [9.17, 15) is 8.42 Å². The molecule has 3 rings (SSSR count). The van der Waals surface area contributed by atoms with E-state index in [0.29, 0.717) is 21.5 Å². The van der Waals surface area contributed by atoms with Crippen LogP contribution in [0.5, 0.6) is 0 Å². The lowest BCUT2D eigenvalue weighted by Crippen LogP contribution is -2.13. The van der Waals surface area contributed by atoms with Crippen molar-refractivity contribution in [3.05, 3.63) is 88.4 Å². The van der Waals surface area contributed by atoms with Crippen LogP contribution >= 0.6 is 35.0 Å². The van der Waals surface area contributed by atoms with Gasteiger partial charge in [0.15, 0.2) is 0 Å². The summed E-state index contributed by atoms with van der Waals surface area (Å²) in [6, 6.07) is 21.1. The van der Waals surface area contributed by atoms with Gasteiger partial charge in [-0.1, -0.05) is 53.5 Å². The Bertz CT molecular complexity index is 992. The molecule has 7 heteroatoms. The Balaban J connectivity index is 1.84. The molecule has 0 aromatic heterocycles. The smallest absolute Gasteiger partial charge is 0.261 e. The molecule has 0 aliphatic heterocycles. The van der Waals surface area contributed by atoms with Gasteiger partial charge in [0.25, 0.3) is 10.0 Å². The molecule has 0 aliphatic rings. The molecule has 0 fully saturated rings. The topological polar surface area (TPSA) is 46.2 Å². The number of sulfonamides is 1. The second kappa shape index (κ2) is 8.35.